The number of sulfonamides is 1. The maximum atomic E-state index is 12.7. The number of rotatable bonds is 6. The summed E-state index contributed by atoms with van der Waals surface area (Å²) in [5.41, 5.74) is 0.586. The highest BCUT2D eigenvalue weighted by Gasteiger charge is 2.23. The minimum atomic E-state index is -3.62. The van der Waals surface area contributed by atoms with Crippen molar-refractivity contribution in [3.63, 3.8) is 0 Å². The van der Waals surface area contributed by atoms with Crippen molar-refractivity contribution in [1.82, 2.24) is 9.97 Å². The van der Waals surface area contributed by atoms with Gasteiger partial charge in [0.15, 0.2) is 0 Å². The fourth-order valence-corrected chi connectivity index (χ4v) is 3.37. The lowest BCUT2D eigenvalue weighted by molar-refractivity contribution is 0.591. The van der Waals surface area contributed by atoms with Crippen molar-refractivity contribution in [2.75, 3.05) is 22.7 Å². The van der Waals surface area contributed by atoms with Crippen LogP contribution in [0.4, 0.5) is 11.5 Å². The third-order valence-corrected chi connectivity index (χ3v) is 4.81. The number of hydrogen-bond donors (Lipinski definition) is 1. The zero-order valence-corrected chi connectivity index (χ0v) is 12.8. The molecule has 0 aromatic carbocycles. The van der Waals surface area contributed by atoms with E-state index in [-0.39, 0.29) is 4.90 Å². The first-order valence-corrected chi connectivity index (χ1v) is 8.16. The molecule has 0 atom stereocenters. The third-order valence-electron chi connectivity index (χ3n) is 2.92. The highest BCUT2D eigenvalue weighted by atomic mass is 32.2. The lowest BCUT2D eigenvalue weighted by Gasteiger charge is -2.22. The topological polar surface area (TPSA) is 75.2 Å². The average Bonchev–Trinajstić information content (AvgIpc) is 2.50. The van der Waals surface area contributed by atoms with Gasteiger partial charge in [0.25, 0.3) is 10.0 Å². The summed E-state index contributed by atoms with van der Waals surface area (Å²) in [5.74, 6) is 0.656. The van der Waals surface area contributed by atoms with Crippen molar-refractivity contribution in [2.24, 2.45) is 0 Å². The highest BCUT2D eigenvalue weighted by molar-refractivity contribution is 7.92. The Morgan fingerprint density at radius 2 is 1.86 bits per heavy atom. The number of anilines is 2. The van der Waals surface area contributed by atoms with Crippen LogP contribution in [0.1, 0.15) is 13.8 Å². The molecule has 0 aliphatic rings. The molecule has 2 rings (SSSR count). The Hall–Kier alpha value is -2.15. The summed E-state index contributed by atoms with van der Waals surface area (Å²) in [7, 11) is -3.62. The van der Waals surface area contributed by atoms with Gasteiger partial charge in [-0.05, 0) is 38.1 Å². The second-order valence-corrected chi connectivity index (χ2v) is 6.15. The van der Waals surface area contributed by atoms with Crippen molar-refractivity contribution in [3.8, 4) is 0 Å². The van der Waals surface area contributed by atoms with Gasteiger partial charge < -0.3 is 5.32 Å². The van der Waals surface area contributed by atoms with Gasteiger partial charge in [-0.2, -0.15) is 0 Å². The Morgan fingerprint density at radius 3 is 2.38 bits per heavy atom. The number of aromatic nitrogens is 2. The van der Waals surface area contributed by atoms with Gasteiger partial charge in [-0.3, -0.25) is 9.29 Å². The van der Waals surface area contributed by atoms with Crippen molar-refractivity contribution in [3.05, 3.63) is 42.9 Å². The number of nitrogens with one attached hydrogen (secondary N) is 1. The fraction of sp³-hybridized carbons (Fsp3) is 0.286. The van der Waals surface area contributed by atoms with Crippen molar-refractivity contribution < 1.29 is 8.42 Å². The molecule has 0 fully saturated rings. The van der Waals surface area contributed by atoms with Crippen LogP contribution in [-0.2, 0) is 10.0 Å². The molecular weight excluding hydrogens is 288 g/mol. The van der Waals surface area contributed by atoms with Gasteiger partial charge in [0, 0.05) is 31.7 Å². The van der Waals surface area contributed by atoms with Gasteiger partial charge >= 0.3 is 0 Å². The number of nitrogens with zero attached hydrogens (tertiary/aromatic N) is 3. The summed E-state index contributed by atoms with van der Waals surface area (Å²) in [6, 6.07) is 6.56. The molecule has 112 valence electrons. The van der Waals surface area contributed by atoms with Gasteiger partial charge in [-0.15, -0.1) is 0 Å². The Bertz CT molecular complexity index is 672. The minimum Gasteiger partial charge on any atom is -0.370 e. The van der Waals surface area contributed by atoms with Gasteiger partial charge in [-0.1, -0.05) is 0 Å². The molecule has 0 saturated heterocycles. The Balaban J connectivity index is 2.35. The predicted molar refractivity (Wildman–Crippen MR) is 82.8 cm³/mol. The molecule has 0 bridgehead atoms. The number of pyridine rings is 2. The maximum absolute atomic E-state index is 12.7. The van der Waals surface area contributed by atoms with Crippen molar-refractivity contribution >= 4 is 21.5 Å². The number of hydrogen-bond acceptors (Lipinski definition) is 5. The van der Waals surface area contributed by atoms with Gasteiger partial charge in [-0.25, -0.2) is 13.4 Å². The maximum Gasteiger partial charge on any atom is 0.265 e. The molecule has 7 heteroatoms. The molecule has 0 radical (unpaired) electrons. The van der Waals surface area contributed by atoms with E-state index >= 15 is 0 Å². The second-order valence-electron chi connectivity index (χ2n) is 4.28. The van der Waals surface area contributed by atoms with Crippen molar-refractivity contribution in [1.29, 1.82) is 0 Å². The largest absolute Gasteiger partial charge is 0.370 e. The molecule has 2 aromatic heterocycles. The molecule has 0 saturated carbocycles. The SMILES string of the molecule is CCNc1ccc(S(=O)(=O)N(CC)c2ccncc2)cn1. The Morgan fingerprint density at radius 1 is 1.14 bits per heavy atom. The van der Waals surface area contributed by atoms with Crippen LogP contribution in [0.2, 0.25) is 0 Å². The molecule has 0 amide bonds. The molecule has 2 heterocycles. The van der Waals surface area contributed by atoms with Crippen LogP contribution >= 0.6 is 0 Å². The zero-order chi connectivity index (χ0) is 15.3. The highest BCUT2D eigenvalue weighted by Crippen LogP contribution is 2.22. The summed E-state index contributed by atoms with van der Waals surface area (Å²) in [6.07, 6.45) is 4.51. The van der Waals surface area contributed by atoms with E-state index in [2.05, 4.69) is 15.3 Å². The molecule has 0 spiro atoms. The molecule has 0 aliphatic carbocycles. The van der Waals surface area contributed by atoms with Crippen LogP contribution in [0, 0.1) is 0 Å². The molecular formula is C14H18N4O2S. The molecule has 0 aliphatic heterocycles. The van der Waals surface area contributed by atoms with E-state index in [0.29, 0.717) is 18.1 Å². The predicted octanol–water partition coefficient (Wildman–Crippen LogP) is 2.12. The van der Waals surface area contributed by atoms with Crippen LogP contribution in [0.25, 0.3) is 0 Å². The standard InChI is InChI=1S/C14H18N4O2S/c1-3-16-14-6-5-13(11-17-14)21(19,20)18(4-2)12-7-9-15-10-8-12/h5-11H,3-4H2,1-2H3,(H,16,17). The molecule has 0 unspecified atom stereocenters. The van der Waals surface area contributed by atoms with E-state index in [1.54, 1.807) is 43.6 Å². The zero-order valence-electron chi connectivity index (χ0n) is 12.0. The first kappa shape index (κ1) is 15.2. The van der Waals surface area contributed by atoms with Gasteiger partial charge in [0.2, 0.25) is 0 Å². The summed E-state index contributed by atoms with van der Waals surface area (Å²) in [5, 5.41) is 3.03. The summed E-state index contributed by atoms with van der Waals surface area (Å²) < 4.78 is 26.7. The summed E-state index contributed by atoms with van der Waals surface area (Å²) >= 11 is 0. The monoisotopic (exact) mass is 306 g/mol. The Kier molecular flexibility index (Phi) is 4.74. The molecule has 21 heavy (non-hydrogen) atoms. The molecule has 1 N–H and O–H groups in total. The first-order chi connectivity index (χ1) is 10.1. The van der Waals surface area contributed by atoms with Crippen LogP contribution in [0.15, 0.2) is 47.8 Å². The third kappa shape index (κ3) is 3.30. The smallest absolute Gasteiger partial charge is 0.265 e. The first-order valence-electron chi connectivity index (χ1n) is 6.72. The Labute approximate surface area is 124 Å². The fourth-order valence-electron chi connectivity index (χ4n) is 1.95. The van der Waals surface area contributed by atoms with Crippen LogP contribution in [-0.4, -0.2) is 31.5 Å². The van der Waals surface area contributed by atoms with Crippen LogP contribution < -0.4 is 9.62 Å². The van der Waals surface area contributed by atoms with E-state index < -0.39 is 10.0 Å². The van der Waals surface area contributed by atoms with E-state index in [1.165, 1.54) is 10.5 Å². The van der Waals surface area contributed by atoms with Gasteiger partial charge in [0.1, 0.15) is 10.7 Å². The van der Waals surface area contributed by atoms with E-state index in [4.69, 9.17) is 0 Å². The van der Waals surface area contributed by atoms with Crippen LogP contribution in [0.3, 0.4) is 0 Å². The minimum absolute atomic E-state index is 0.169. The van der Waals surface area contributed by atoms with E-state index in [0.717, 1.165) is 6.54 Å². The van der Waals surface area contributed by atoms with E-state index in [1.807, 2.05) is 6.92 Å². The average molecular weight is 306 g/mol. The van der Waals surface area contributed by atoms with E-state index in [9.17, 15) is 8.42 Å². The quantitative estimate of drug-likeness (QED) is 0.885. The van der Waals surface area contributed by atoms with Gasteiger partial charge in [0.05, 0.1) is 5.69 Å². The van der Waals surface area contributed by atoms with Crippen LogP contribution in [0.5, 0.6) is 0 Å². The summed E-state index contributed by atoms with van der Waals surface area (Å²) in [6.45, 7) is 4.81. The second kappa shape index (κ2) is 6.53. The molecule has 2 aromatic rings. The lowest BCUT2D eigenvalue weighted by atomic mass is 10.4. The molecule has 6 nitrogen and oxygen atoms in total. The lowest BCUT2D eigenvalue weighted by Crippen LogP contribution is -2.30. The summed E-state index contributed by atoms with van der Waals surface area (Å²) in [4.78, 5) is 8.19. The normalized spacial score (nSPS) is 11.1. The van der Waals surface area contributed by atoms with Crippen molar-refractivity contribution in [2.45, 2.75) is 18.7 Å².